The molecule has 0 spiro atoms. The molecule has 0 unspecified atom stereocenters. The fraction of sp³-hybridized carbons (Fsp3) is 0.188. The number of nitrogens with zero attached hydrogens (tertiary/aromatic N) is 2. The van der Waals surface area contributed by atoms with Crippen molar-refractivity contribution in [3.05, 3.63) is 67.8 Å². The molecule has 0 radical (unpaired) electrons. The van der Waals surface area contributed by atoms with Gasteiger partial charge in [0.05, 0.1) is 26.7 Å². The predicted molar refractivity (Wildman–Crippen MR) is 90.1 cm³/mol. The van der Waals surface area contributed by atoms with Crippen molar-refractivity contribution in [2.45, 2.75) is 13.1 Å². The fourth-order valence-electron chi connectivity index (χ4n) is 2.28. The highest BCUT2D eigenvalue weighted by atomic mass is 19.4. The van der Waals surface area contributed by atoms with E-state index in [9.17, 15) is 38.2 Å². The van der Waals surface area contributed by atoms with Gasteiger partial charge in [-0.2, -0.15) is 13.2 Å². The quantitative estimate of drug-likeness (QED) is 0.581. The van der Waals surface area contributed by atoms with E-state index < -0.39 is 45.5 Å². The van der Waals surface area contributed by atoms with Gasteiger partial charge in [-0.1, -0.05) is 6.07 Å². The first-order valence-corrected chi connectivity index (χ1v) is 7.53. The van der Waals surface area contributed by atoms with E-state index in [4.69, 9.17) is 4.74 Å². The number of ether oxygens (including phenoxy) is 1. The largest absolute Gasteiger partial charge is 0.483 e. The average molecular weight is 399 g/mol. The van der Waals surface area contributed by atoms with Crippen molar-refractivity contribution in [2.24, 2.45) is 0 Å². The molecular weight excluding hydrogens is 387 g/mol. The summed E-state index contributed by atoms with van der Waals surface area (Å²) in [6, 6.07) is 5.81. The van der Waals surface area contributed by atoms with E-state index in [1.54, 1.807) is 0 Å². The Morgan fingerprint density at radius 1 is 1.14 bits per heavy atom. The Morgan fingerprint density at radius 3 is 2.39 bits per heavy atom. The van der Waals surface area contributed by atoms with Gasteiger partial charge >= 0.3 is 6.18 Å². The highest BCUT2D eigenvalue weighted by molar-refractivity contribution is 5.93. The molecule has 1 N–H and O–H groups in total. The number of rotatable bonds is 6. The lowest BCUT2D eigenvalue weighted by Crippen LogP contribution is -2.22. The monoisotopic (exact) mass is 399 g/mol. The highest BCUT2D eigenvalue weighted by Gasteiger charge is 2.35. The van der Waals surface area contributed by atoms with Gasteiger partial charge in [0.2, 0.25) is 0 Å². The zero-order valence-corrected chi connectivity index (χ0v) is 14.1. The minimum Gasteiger partial charge on any atom is -0.483 e. The second kappa shape index (κ2) is 7.90. The molecule has 0 atom stereocenters. The Hall–Kier alpha value is -3.70. The summed E-state index contributed by atoms with van der Waals surface area (Å²) < 4.78 is 44.4. The average Bonchev–Trinajstić information content (AvgIpc) is 2.59. The van der Waals surface area contributed by atoms with E-state index in [2.05, 4.69) is 0 Å². The number of benzene rings is 2. The Kier molecular flexibility index (Phi) is 5.81. The SMILES string of the molecule is Cc1c(OCC(=O)Nc2ccc([N+](=O)[O-])cc2C(F)(F)F)cccc1[N+](=O)[O-]. The lowest BCUT2D eigenvalue weighted by atomic mass is 10.1. The second-order valence-electron chi connectivity index (χ2n) is 5.48. The molecule has 0 aliphatic heterocycles. The Balaban J connectivity index is 2.17. The van der Waals surface area contributed by atoms with Crippen LogP contribution in [0.1, 0.15) is 11.1 Å². The highest BCUT2D eigenvalue weighted by Crippen LogP contribution is 2.37. The van der Waals surface area contributed by atoms with Crippen LogP contribution in [0.4, 0.5) is 30.2 Å². The minimum atomic E-state index is -4.94. The van der Waals surface area contributed by atoms with Crippen molar-refractivity contribution < 1.29 is 32.5 Å². The van der Waals surface area contributed by atoms with E-state index in [1.165, 1.54) is 25.1 Å². The summed E-state index contributed by atoms with van der Waals surface area (Å²) in [7, 11) is 0. The lowest BCUT2D eigenvalue weighted by molar-refractivity contribution is -0.385. The number of carbonyl (C=O) groups excluding carboxylic acids is 1. The van der Waals surface area contributed by atoms with Crippen molar-refractivity contribution >= 4 is 23.0 Å². The van der Waals surface area contributed by atoms with Crippen molar-refractivity contribution in [1.82, 2.24) is 0 Å². The van der Waals surface area contributed by atoms with Crippen LogP contribution in [-0.4, -0.2) is 22.4 Å². The maximum Gasteiger partial charge on any atom is 0.418 e. The molecule has 0 aromatic heterocycles. The topological polar surface area (TPSA) is 125 Å². The van der Waals surface area contributed by atoms with Gasteiger partial charge in [-0.3, -0.25) is 25.0 Å². The van der Waals surface area contributed by atoms with Gasteiger partial charge < -0.3 is 10.1 Å². The number of nitrogens with one attached hydrogen (secondary N) is 1. The fourth-order valence-corrected chi connectivity index (χ4v) is 2.28. The van der Waals surface area contributed by atoms with Gasteiger partial charge in [0.25, 0.3) is 17.3 Å². The number of alkyl halides is 3. The molecule has 0 saturated heterocycles. The molecule has 0 aliphatic rings. The molecule has 1 amide bonds. The van der Waals surface area contributed by atoms with Crippen LogP contribution in [0.3, 0.4) is 0 Å². The summed E-state index contributed by atoms with van der Waals surface area (Å²) in [6.45, 7) is 0.666. The van der Waals surface area contributed by atoms with Crippen LogP contribution in [0.2, 0.25) is 0 Å². The maximum absolute atomic E-state index is 13.1. The molecule has 28 heavy (non-hydrogen) atoms. The molecule has 2 aromatic rings. The van der Waals surface area contributed by atoms with Gasteiger partial charge in [0.1, 0.15) is 5.75 Å². The van der Waals surface area contributed by atoms with Crippen LogP contribution in [0, 0.1) is 27.2 Å². The third-order valence-corrected chi connectivity index (χ3v) is 3.60. The Morgan fingerprint density at radius 2 is 1.82 bits per heavy atom. The first kappa shape index (κ1) is 20.6. The number of nitro benzene ring substituents is 2. The summed E-state index contributed by atoms with van der Waals surface area (Å²) >= 11 is 0. The lowest BCUT2D eigenvalue weighted by Gasteiger charge is -2.14. The van der Waals surface area contributed by atoms with Crippen LogP contribution in [0.25, 0.3) is 0 Å². The number of amides is 1. The molecule has 0 aliphatic carbocycles. The summed E-state index contributed by atoms with van der Waals surface area (Å²) in [5, 5.41) is 23.5. The molecule has 0 saturated carbocycles. The molecule has 9 nitrogen and oxygen atoms in total. The zero-order valence-electron chi connectivity index (χ0n) is 14.1. The predicted octanol–water partition coefficient (Wildman–Crippen LogP) is 3.85. The van der Waals surface area contributed by atoms with Crippen LogP contribution >= 0.6 is 0 Å². The van der Waals surface area contributed by atoms with E-state index in [0.29, 0.717) is 6.07 Å². The summed E-state index contributed by atoms with van der Waals surface area (Å²) in [6.07, 6.45) is -4.94. The standard InChI is InChI=1S/C16H12F3N3O6/c1-9-13(22(26)27)3-2-4-14(9)28-8-15(23)20-12-6-5-10(21(24)25)7-11(12)16(17,18)19/h2-7H,8H2,1H3,(H,20,23). The Bertz CT molecular complexity index is 946. The van der Waals surface area contributed by atoms with Crippen LogP contribution in [-0.2, 0) is 11.0 Å². The van der Waals surface area contributed by atoms with Gasteiger partial charge in [-0.05, 0) is 19.1 Å². The minimum absolute atomic E-state index is 0.0177. The normalized spacial score (nSPS) is 11.0. The number of anilines is 1. The molecular formula is C16H12F3N3O6. The van der Waals surface area contributed by atoms with Crippen molar-refractivity contribution in [2.75, 3.05) is 11.9 Å². The van der Waals surface area contributed by atoms with E-state index in [0.717, 1.165) is 12.1 Å². The molecule has 2 rings (SSSR count). The molecule has 148 valence electrons. The van der Waals surface area contributed by atoms with Gasteiger partial charge in [-0.25, -0.2) is 0 Å². The number of carbonyl (C=O) groups is 1. The molecule has 0 bridgehead atoms. The third kappa shape index (κ3) is 4.72. The first-order valence-electron chi connectivity index (χ1n) is 7.53. The number of nitro groups is 2. The molecule has 12 heteroatoms. The van der Waals surface area contributed by atoms with E-state index >= 15 is 0 Å². The van der Waals surface area contributed by atoms with Gasteiger partial charge in [0.15, 0.2) is 6.61 Å². The van der Waals surface area contributed by atoms with Crippen molar-refractivity contribution in [3.63, 3.8) is 0 Å². The molecule has 2 aromatic carbocycles. The first-order chi connectivity index (χ1) is 13.0. The van der Waals surface area contributed by atoms with Crippen LogP contribution < -0.4 is 10.1 Å². The molecule has 0 fully saturated rings. The van der Waals surface area contributed by atoms with Crippen LogP contribution in [0.5, 0.6) is 5.75 Å². The number of non-ortho nitro benzene ring substituents is 1. The van der Waals surface area contributed by atoms with Crippen molar-refractivity contribution in [1.29, 1.82) is 0 Å². The van der Waals surface area contributed by atoms with Gasteiger partial charge in [0, 0.05) is 18.2 Å². The zero-order chi connectivity index (χ0) is 21.1. The summed E-state index contributed by atoms with van der Waals surface area (Å²) in [5.41, 5.74) is -2.95. The smallest absolute Gasteiger partial charge is 0.418 e. The van der Waals surface area contributed by atoms with E-state index in [1.807, 2.05) is 5.32 Å². The van der Waals surface area contributed by atoms with Gasteiger partial charge in [-0.15, -0.1) is 0 Å². The number of hydrogen-bond donors (Lipinski definition) is 1. The Labute approximate surface area is 155 Å². The third-order valence-electron chi connectivity index (χ3n) is 3.60. The molecule has 0 heterocycles. The van der Waals surface area contributed by atoms with Crippen molar-refractivity contribution in [3.8, 4) is 5.75 Å². The number of halogens is 3. The maximum atomic E-state index is 13.1. The van der Waals surface area contributed by atoms with E-state index in [-0.39, 0.29) is 17.0 Å². The second-order valence-corrected chi connectivity index (χ2v) is 5.48. The summed E-state index contributed by atoms with van der Waals surface area (Å²) in [4.78, 5) is 31.8. The van der Waals surface area contributed by atoms with Crippen LogP contribution in [0.15, 0.2) is 36.4 Å². The number of hydrogen-bond acceptors (Lipinski definition) is 6. The summed E-state index contributed by atoms with van der Waals surface area (Å²) in [5.74, 6) is -0.964.